The second kappa shape index (κ2) is 7.18. The molecule has 0 saturated carbocycles. The number of carbonyl (C=O) groups is 2. The molecule has 0 N–H and O–H groups in total. The lowest BCUT2D eigenvalue weighted by molar-refractivity contribution is -0.132. The van der Waals surface area contributed by atoms with Crippen molar-refractivity contribution in [3.8, 4) is 0 Å². The smallest absolute Gasteiger partial charge is 0.222 e. The Morgan fingerprint density at radius 3 is 2.10 bits per heavy atom. The number of piperidine rings is 1. The zero-order chi connectivity index (χ0) is 14.5. The van der Waals surface area contributed by atoms with Crippen molar-refractivity contribution in [3.63, 3.8) is 0 Å². The topological polar surface area (TPSA) is 43.9 Å². The summed E-state index contributed by atoms with van der Waals surface area (Å²) in [5, 5.41) is 0. The predicted molar refractivity (Wildman–Crippen MR) is 78.6 cm³/mol. The minimum Gasteiger partial charge on any atom is -0.343 e. The van der Waals surface area contributed by atoms with E-state index >= 15 is 0 Å². The molecule has 2 aliphatic heterocycles. The second-order valence-corrected chi connectivity index (χ2v) is 5.98. The number of amides is 1. The molecule has 5 nitrogen and oxygen atoms in total. The molecule has 0 aromatic heterocycles. The normalized spacial score (nSPS) is 23.0. The van der Waals surface area contributed by atoms with Crippen LogP contribution in [-0.4, -0.2) is 78.2 Å². The first-order chi connectivity index (χ1) is 9.60. The molecule has 0 bridgehead atoms. The number of nitrogens with zero attached hydrogens (tertiary/aromatic N) is 3. The monoisotopic (exact) mass is 281 g/mol. The minimum atomic E-state index is 0.254. The summed E-state index contributed by atoms with van der Waals surface area (Å²) >= 11 is 0. The summed E-state index contributed by atoms with van der Waals surface area (Å²) < 4.78 is 0. The molecule has 0 radical (unpaired) electrons. The van der Waals surface area contributed by atoms with Gasteiger partial charge in [-0.1, -0.05) is 6.92 Å². The van der Waals surface area contributed by atoms with Gasteiger partial charge in [-0.3, -0.25) is 19.4 Å². The molecule has 0 aromatic carbocycles. The number of ketones is 1. The van der Waals surface area contributed by atoms with Crippen LogP contribution < -0.4 is 0 Å². The molecule has 2 fully saturated rings. The van der Waals surface area contributed by atoms with Crippen LogP contribution >= 0.6 is 0 Å². The van der Waals surface area contributed by atoms with Crippen LogP contribution in [0.15, 0.2) is 0 Å². The van der Waals surface area contributed by atoms with Crippen molar-refractivity contribution in [2.24, 2.45) is 0 Å². The van der Waals surface area contributed by atoms with Crippen LogP contribution in [0, 0.1) is 0 Å². The lowest BCUT2D eigenvalue weighted by atomic mass is 10.0. The molecule has 2 rings (SSSR count). The molecule has 2 aliphatic rings. The maximum absolute atomic E-state index is 11.7. The van der Waals surface area contributed by atoms with Gasteiger partial charge in [0.05, 0.1) is 6.54 Å². The van der Waals surface area contributed by atoms with Gasteiger partial charge in [-0.2, -0.15) is 0 Å². The zero-order valence-electron chi connectivity index (χ0n) is 12.8. The highest BCUT2D eigenvalue weighted by Gasteiger charge is 2.28. The van der Waals surface area contributed by atoms with Gasteiger partial charge in [0, 0.05) is 51.7 Å². The van der Waals surface area contributed by atoms with E-state index in [1.54, 1.807) is 6.92 Å². The molecular formula is C15H27N3O2. The number of Topliss-reactive ketones (excluding diaryl/α,β-unsaturated/α-hetero) is 1. The molecular weight excluding hydrogens is 254 g/mol. The van der Waals surface area contributed by atoms with Gasteiger partial charge in [-0.25, -0.2) is 0 Å². The van der Waals surface area contributed by atoms with Gasteiger partial charge < -0.3 is 4.90 Å². The van der Waals surface area contributed by atoms with Gasteiger partial charge >= 0.3 is 0 Å². The van der Waals surface area contributed by atoms with Crippen molar-refractivity contribution < 1.29 is 9.59 Å². The molecule has 0 aliphatic carbocycles. The van der Waals surface area contributed by atoms with E-state index in [1.165, 1.54) is 0 Å². The van der Waals surface area contributed by atoms with E-state index in [2.05, 4.69) is 9.80 Å². The van der Waals surface area contributed by atoms with Gasteiger partial charge in [0.2, 0.25) is 5.91 Å². The van der Waals surface area contributed by atoms with Gasteiger partial charge in [-0.15, -0.1) is 0 Å². The maximum Gasteiger partial charge on any atom is 0.222 e. The van der Waals surface area contributed by atoms with Crippen molar-refractivity contribution in [2.75, 3.05) is 45.8 Å². The Kier molecular flexibility index (Phi) is 5.54. The Bertz CT molecular complexity index is 343. The van der Waals surface area contributed by atoms with Crippen molar-refractivity contribution in [1.82, 2.24) is 14.7 Å². The van der Waals surface area contributed by atoms with Crippen LogP contribution in [0.25, 0.3) is 0 Å². The van der Waals surface area contributed by atoms with Crippen molar-refractivity contribution >= 4 is 11.7 Å². The molecule has 2 saturated heterocycles. The fraction of sp³-hybridized carbons (Fsp3) is 0.867. The average Bonchev–Trinajstić information content (AvgIpc) is 2.47. The van der Waals surface area contributed by atoms with Crippen molar-refractivity contribution in [3.05, 3.63) is 0 Å². The first-order valence-corrected chi connectivity index (χ1v) is 7.83. The quantitative estimate of drug-likeness (QED) is 0.757. The third-order valence-electron chi connectivity index (χ3n) is 4.49. The first-order valence-electron chi connectivity index (χ1n) is 7.83. The molecule has 20 heavy (non-hydrogen) atoms. The number of piperazine rings is 1. The van der Waals surface area contributed by atoms with Crippen LogP contribution in [-0.2, 0) is 9.59 Å². The van der Waals surface area contributed by atoms with Gasteiger partial charge in [0.15, 0.2) is 0 Å². The highest BCUT2D eigenvalue weighted by Crippen LogP contribution is 2.18. The van der Waals surface area contributed by atoms with Crippen LogP contribution in [0.4, 0.5) is 0 Å². The SMILES string of the molecule is CCC(=O)N1CCC(N2CCN(CC(C)=O)CC2)CC1. The first kappa shape index (κ1) is 15.4. The number of rotatable bonds is 4. The Morgan fingerprint density at radius 2 is 1.60 bits per heavy atom. The van der Waals surface area contributed by atoms with Crippen LogP contribution in [0.1, 0.15) is 33.1 Å². The summed E-state index contributed by atoms with van der Waals surface area (Å²) in [7, 11) is 0. The summed E-state index contributed by atoms with van der Waals surface area (Å²) in [6.07, 6.45) is 2.81. The summed E-state index contributed by atoms with van der Waals surface area (Å²) in [5.74, 6) is 0.541. The van der Waals surface area contributed by atoms with E-state index < -0.39 is 0 Å². The van der Waals surface area contributed by atoms with Gasteiger partial charge in [0.25, 0.3) is 0 Å². The van der Waals surface area contributed by atoms with E-state index in [0.717, 1.165) is 52.1 Å². The number of hydrogen-bond acceptors (Lipinski definition) is 4. The molecule has 0 unspecified atom stereocenters. The van der Waals surface area contributed by atoms with Crippen LogP contribution in [0.3, 0.4) is 0 Å². The summed E-state index contributed by atoms with van der Waals surface area (Å²) in [6.45, 7) is 10.1. The third-order valence-corrected chi connectivity index (χ3v) is 4.49. The highest BCUT2D eigenvalue weighted by atomic mass is 16.2. The number of hydrogen-bond donors (Lipinski definition) is 0. The maximum atomic E-state index is 11.7. The number of likely N-dealkylation sites (tertiary alicyclic amines) is 1. The zero-order valence-corrected chi connectivity index (χ0v) is 12.8. The lowest BCUT2D eigenvalue weighted by Crippen LogP contribution is -2.54. The summed E-state index contributed by atoms with van der Waals surface area (Å²) in [4.78, 5) is 29.6. The molecule has 0 atom stereocenters. The van der Waals surface area contributed by atoms with Crippen molar-refractivity contribution in [1.29, 1.82) is 0 Å². The van der Waals surface area contributed by atoms with E-state index in [0.29, 0.717) is 19.0 Å². The van der Waals surface area contributed by atoms with E-state index in [1.807, 2.05) is 11.8 Å². The Morgan fingerprint density at radius 1 is 1.00 bits per heavy atom. The standard InChI is InChI=1S/C15H27N3O2/c1-3-15(20)18-6-4-14(5-7-18)17-10-8-16(9-11-17)12-13(2)19/h14H,3-12H2,1-2H3. The molecule has 0 aromatic rings. The lowest BCUT2D eigenvalue weighted by Gasteiger charge is -2.42. The minimum absolute atomic E-state index is 0.254. The molecule has 1 amide bonds. The summed E-state index contributed by atoms with van der Waals surface area (Å²) in [6, 6.07) is 0.621. The highest BCUT2D eigenvalue weighted by molar-refractivity contribution is 5.77. The van der Waals surface area contributed by atoms with E-state index in [-0.39, 0.29) is 11.7 Å². The number of carbonyl (C=O) groups excluding carboxylic acids is 2. The van der Waals surface area contributed by atoms with Gasteiger partial charge in [-0.05, 0) is 19.8 Å². The second-order valence-electron chi connectivity index (χ2n) is 5.98. The summed E-state index contributed by atoms with van der Waals surface area (Å²) in [5.41, 5.74) is 0. The van der Waals surface area contributed by atoms with Gasteiger partial charge in [0.1, 0.15) is 5.78 Å². The largest absolute Gasteiger partial charge is 0.343 e. The Labute approximate surface area is 121 Å². The molecule has 2 heterocycles. The van der Waals surface area contributed by atoms with E-state index in [9.17, 15) is 9.59 Å². The predicted octanol–water partition coefficient (Wildman–Crippen LogP) is 0.594. The van der Waals surface area contributed by atoms with E-state index in [4.69, 9.17) is 0 Å². The molecule has 0 spiro atoms. The average molecular weight is 281 g/mol. The van der Waals surface area contributed by atoms with Crippen LogP contribution in [0.5, 0.6) is 0 Å². The third kappa shape index (κ3) is 4.03. The Hall–Kier alpha value is -0.940. The Balaban J connectivity index is 1.73. The fourth-order valence-electron chi connectivity index (χ4n) is 3.31. The fourth-order valence-corrected chi connectivity index (χ4v) is 3.31. The van der Waals surface area contributed by atoms with Crippen molar-refractivity contribution in [2.45, 2.75) is 39.2 Å². The molecule has 5 heteroatoms. The molecule has 114 valence electrons. The van der Waals surface area contributed by atoms with Crippen LogP contribution in [0.2, 0.25) is 0 Å².